The molecular weight excluding hydrogens is 224 g/mol. The molecule has 1 saturated heterocycles. The van der Waals surface area contributed by atoms with Crippen molar-refractivity contribution >= 4 is 5.82 Å². The van der Waals surface area contributed by atoms with Gasteiger partial charge in [-0.2, -0.15) is 0 Å². The largest absolute Gasteiger partial charge is 0.392 e. The third-order valence-corrected chi connectivity index (χ3v) is 3.65. The van der Waals surface area contributed by atoms with Crippen LogP contribution in [0.5, 0.6) is 0 Å². The maximum Gasteiger partial charge on any atom is 0.129 e. The van der Waals surface area contributed by atoms with E-state index in [2.05, 4.69) is 11.8 Å². The lowest BCUT2D eigenvalue weighted by Gasteiger charge is -2.26. The van der Waals surface area contributed by atoms with Crippen LogP contribution in [-0.2, 0) is 13.0 Å². The van der Waals surface area contributed by atoms with Crippen molar-refractivity contribution in [3.63, 3.8) is 0 Å². The Morgan fingerprint density at radius 2 is 1.78 bits per heavy atom. The average molecular weight is 248 g/mol. The predicted molar refractivity (Wildman–Crippen MR) is 74.8 cm³/mol. The van der Waals surface area contributed by atoms with Gasteiger partial charge in [-0.05, 0) is 37.0 Å². The maximum atomic E-state index is 9.33. The first-order valence-corrected chi connectivity index (χ1v) is 7.19. The van der Waals surface area contributed by atoms with E-state index in [1.54, 1.807) is 0 Å². The van der Waals surface area contributed by atoms with Gasteiger partial charge in [0.25, 0.3) is 0 Å². The van der Waals surface area contributed by atoms with Crippen LogP contribution in [0.25, 0.3) is 0 Å². The molecule has 3 nitrogen and oxygen atoms in total. The van der Waals surface area contributed by atoms with Crippen molar-refractivity contribution in [1.29, 1.82) is 0 Å². The monoisotopic (exact) mass is 248 g/mol. The van der Waals surface area contributed by atoms with E-state index >= 15 is 0 Å². The summed E-state index contributed by atoms with van der Waals surface area (Å²) >= 11 is 0. The normalized spacial score (nSPS) is 17.3. The number of nitrogens with zero attached hydrogens (tertiary/aromatic N) is 2. The third-order valence-electron chi connectivity index (χ3n) is 3.65. The van der Waals surface area contributed by atoms with Crippen LogP contribution in [0, 0.1) is 0 Å². The minimum absolute atomic E-state index is 0.107. The van der Waals surface area contributed by atoms with E-state index in [-0.39, 0.29) is 6.61 Å². The molecule has 0 radical (unpaired) electrons. The smallest absolute Gasteiger partial charge is 0.129 e. The third kappa shape index (κ3) is 3.45. The van der Waals surface area contributed by atoms with Crippen LogP contribution >= 0.6 is 0 Å². The quantitative estimate of drug-likeness (QED) is 0.893. The Hall–Kier alpha value is -1.09. The molecule has 2 heterocycles. The minimum atomic E-state index is 0.107. The lowest BCUT2D eigenvalue weighted by Crippen LogP contribution is -2.28. The van der Waals surface area contributed by atoms with Crippen LogP contribution in [0.2, 0.25) is 0 Å². The fourth-order valence-corrected chi connectivity index (χ4v) is 2.54. The number of hydrogen-bond acceptors (Lipinski definition) is 3. The van der Waals surface area contributed by atoms with Gasteiger partial charge in [0.2, 0.25) is 0 Å². The zero-order chi connectivity index (χ0) is 12.8. The Bertz CT molecular complexity index is 349. The molecule has 2 rings (SSSR count). The van der Waals surface area contributed by atoms with Crippen molar-refractivity contribution in [2.45, 2.75) is 52.1 Å². The zero-order valence-corrected chi connectivity index (χ0v) is 11.4. The Labute approximate surface area is 110 Å². The van der Waals surface area contributed by atoms with Gasteiger partial charge in [-0.1, -0.05) is 26.2 Å². The molecule has 0 aliphatic carbocycles. The summed E-state index contributed by atoms with van der Waals surface area (Å²) in [5.41, 5.74) is 2.07. The molecule has 0 atom stereocenters. The molecule has 18 heavy (non-hydrogen) atoms. The van der Waals surface area contributed by atoms with Crippen molar-refractivity contribution in [3.05, 3.63) is 23.4 Å². The second-order valence-electron chi connectivity index (χ2n) is 5.09. The Balaban J connectivity index is 2.18. The number of rotatable bonds is 3. The van der Waals surface area contributed by atoms with E-state index in [0.29, 0.717) is 0 Å². The summed E-state index contributed by atoms with van der Waals surface area (Å²) in [6.45, 7) is 4.42. The summed E-state index contributed by atoms with van der Waals surface area (Å²) in [6.07, 6.45) is 7.47. The lowest BCUT2D eigenvalue weighted by atomic mass is 10.1. The fraction of sp³-hybridized carbons (Fsp3) is 0.667. The first-order valence-electron chi connectivity index (χ1n) is 7.19. The van der Waals surface area contributed by atoms with Crippen LogP contribution in [0.3, 0.4) is 0 Å². The van der Waals surface area contributed by atoms with Gasteiger partial charge >= 0.3 is 0 Å². The summed E-state index contributed by atoms with van der Waals surface area (Å²) in [5, 5.41) is 9.33. The van der Waals surface area contributed by atoms with Gasteiger partial charge in [0, 0.05) is 18.8 Å². The number of aliphatic hydroxyl groups excluding tert-OH is 1. The van der Waals surface area contributed by atoms with Crippen LogP contribution in [-0.4, -0.2) is 23.2 Å². The molecule has 1 aromatic heterocycles. The summed E-state index contributed by atoms with van der Waals surface area (Å²) < 4.78 is 0. The molecule has 3 heteroatoms. The molecule has 1 aliphatic rings. The number of hydrogen-bond donors (Lipinski definition) is 1. The van der Waals surface area contributed by atoms with Gasteiger partial charge < -0.3 is 10.0 Å². The molecule has 1 aliphatic heterocycles. The SMILES string of the molecule is CCc1cc(CO)cc(N2CCCCCCC2)n1. The molecular formula is C15H24N2O. The average Bonchev–Trinajstić information content (AvgIpc) is 2.37. The van der Waals surface area contributed by atoms with E-state index in [4.69, 9.17) is 4.98 Å². The first kappa shape index (κ1) is 13.3. The molecule has 1 aromatic rings. The van der Waals surface area contributed by atoms with Gasteiger partial charge in [0.05, 0.1) is 6.61 Å². The zero-order valence-electron chi connectivity index (χ0n) is 11.4. The molecule has 0 spiro atoms. The number of aliphatic hydroxyl groups is 1. The highest BCUT2D eigenvalue weighted by Gasteiger charge is 2.11. The fourth-order valence-electron chi connectivity index (χ4n) is 2.54. The number of anilines is 1. The van der Waals surface area contributed by atoms with Gasteiger partial charge in [-0.3, -0.25) is 0 Å². The summed E-state index contributed by atoms with van der Waals surface area (Å²) in [5.74, 6) is 1.06. The highest BCUT2D eigenvalue weighted by Crippen LogP contribution is 2.19. The Morgan fingerprint density at radius 3 is 2.39 bits per heavy atom. The van der Waals surface area contributed by atoms with Crippen molar-refractivity contribution < 1.29 is 5.11 Å². The predicted octanol–water partition coefficient (Wildman–Crippen LogP) is 2.91. The van der Waals surface area contributed by atoms with E-state index in [0.717, 1.165) is 36.6 Å². The van der Waals surface area contributed by atoms with Crippen molar-refractivity contribution in [2.75, 3.05) is 18.0 Å². The summed E-state index contributed by atoms with van der Waals surface area (Å²) in [6, 6.07) is 4.05. The van der Waals surface area contributed by atoms with E-state index in [9.17, 15) is 5.11 Å². The molecule has 0 amide bonds. The number of aryl methyl sites for hydroxylation is 1. The van der Waals surface area contributed by atoms with Crippen molar-refractivity contribution in [1.82, 2.24) is 4.98 Å². The second kappa shape index (κ2) is 6.74. The standard InChI is InChI=1S/C15H24N2O/c1-2-14-10-13(12-18)11-15(16-14)17-8-6-4-3-5-7-9-17/h10-11,18H,2-9,12H2,1H3. The lowest BCUT2D eigenvalue weighted by molar-refractivity contribution is 0.281. The van der Waals surface area contributed by atoms with Gasteiger partial charge in [-0.15, -0.1) is 0 Å². The van der Waals surface area contributed by atoms with E-state index in [1.165, 1.54) is 32.1 Å². The molecule has 1 N–H and O–H groups in total. The number of pyridine rings is 1. The Kier molecular flexibility index (Phi) is 5.00. The number of aromatic nitrogens is 1. The second-order valence-corrected chi connectivity index (χ2v) is 5.09. The van der Waals surface area contributed by atoms with Gasteiger partial charge in [0.15, 0.2) is 0 Å². The highest BCUT2D eigenvalue weighted by atomic mass is 16.3. The first-order chi connectivity index (χ1) is 8.83. The molecule has 0 saturated carbocycles. The van der Waals surface area contributed by atoms with E-state index < -0.39 is 0 Å². The Morgan fingerprint density at radius 1 is 1.11 bits per heavy atom. The van der Waals surface area contributed by atoms with Crippen LogP contribution in [0.4, 0.5) is 5.82 Å². The molecule has 100 valence electrons. The van der Waals surface area contributed by atoms with Crippen molar-refractivity contribution in [3.8, 4) is 0 Å². The molecule has 1 fully saturated rings. The van der Waals surface area contributed by atoms with Crippen LogP contribution in [0.1, 0.15) is 50.3 Å². The minimum Gasteiger partial charge on any atom is -0.392 e. The van der Waals surface area contributed by atoms with E-state index in [1.807, 2.05) is 12.1 Å². The molecule has 0 aromatic carbocycles. The van der Waals surface area contributed by atoms with Gasteiger partial charge in [0.1, 0.15) is 5.82 Å². The molecule has 0 unspecified atom stereocenters. The summed E-state index contributed by atoms with van der Waals surface area (Å²) in [7, 11) is 0. The van der Waals surface area contributed by atoms with Gasteiger partial charge in [-0.25, -0.2) is 4.98 Å². The van der Waals surface area contributed by atoms with Crippen LogP contribution < -0.4 is 4.90 Å². The van der Waals surface area contributed by atoms with Crippen LogP contribution in [0.15, 0.2) is 12.1 Å². The topological polar surface area (TPSA) is 36.4 Å². The molecule has 0 bridgehead atoms. The van der Waals surface area contributed by atoms with Crippen molar-refractivity contribution in [2.24, 2.45) is 0 Å². The maximum absolute atomic E-state index is 9.33. The summed E-state index contributed by atoms with van der Waals surface area (Å²) in [4.78, 5) is 7.10. The highest BCUT2D eigenvalue weighted by molar-refractivity contribution is 5.42.